The molecule has 0 saturated carbocycles. The molecular formula is C20H27ClN4O4. The van der Waals surface area contributed by atoms with E-state index in [0.717, 1.165) is 16.6 Å². The molecule has 8 nitrogen and oxygen atoms in total. The zero-order valence-corrected chi connectivity index (χ0v) is 17.8. The van der Waals surface area contributed by atoms with Gasteiger partial charge in [0.05, 0.1) is 12.1 Å². The molecule has 0 radical (unpaired) electrons. The number of nitrogens with zero attached hydrogens (tertiary/aromatic N) is 1. The molecule has 0 spiro atoms. The number of rotatable bonds is 5. The highest BCUT2D eigenvalue weighted by Gasteiger charge is 2.34. The van der Waals surface area contributed by atoms with Crippen molar-refractivity contribution in [3.8, 4) is 0 Å². The number of aromatic nitrogens is 1. The fourth-order valence-corrected chi connectivity index (χ4v) is 3.39. The first-order valence-electron chi connectivity index (χ1n) is 9.48. The van der Waals surface area contributed by atoms with Gasteiger partial charge < -0.3 is 19.9 Å². The van der Waals surface area contributed by atoms with Crippen LogP contribution >= 0.6 is 11.6 Å². The first-order chi connectivity index (χ1) is 13.6. The van der Waals surface area contributed by atoms with E-state index in [1.807, 2.05) is 24.3 Å². The molecule has 1 fully saturated rings. The van der Waals surface area contributed by atoms with E-state index in [1.165, 1.54) is 0 Å². The number of H-pyrrole nitrogens is 1. The minimum Gasteiger partial charge on any atom is -0.444 e. The van der Waals surface area contributed by atoms with Gasteiger partial charge in [-0.2, -0.15) is 5.48 Å². The topological polar surface area (TPSA) is 95.7 Å². The Morgan fingerprint density at radius 1 is 1.31 bits per heavy atom. The Kier molecular flexibility index (Phi) is 6.36. The van der Waals surface area contributed by atoms with Gasteiger partial charge in [-0.3, -0.25) is 9.63 Å². The van der Waals surface area contributed by atoms with Crippen LogP contribution in [0, 0.1) is 0 Å². The Bertz CT molecular complexity index is 892. The lowest BCUT2D eigenvalue weighted by Gasteiger charge is -2.37. The van der Waals surface area contributed by atoms with Crippen molar-refractivity contribution in [2.75, 3.05) is 13.6 Å². The molecule has 2 amide bonds. The largest absolute Gasteiger partial charge is 0.444 e. The Hall–Kier alpha value is -2.29. The summed E-state index contributed by atoms with van der Waals surface area (Å²) in [7, 11) is 1.71. The third-order valence-electron chi connectivity index (χ3n) is 4.58. The molecule has 2 atom stereocenters. The van der Waals surface area contributed by atoms with Crippen molar-refractivity contribution < 1.29 is 19.2 Å². The zero-order chi connectivity index (χ0) is 21.2. The van der Waals surface area contributed by atoms with E-state index in [1.54, 1.807) is 32.7 Å². The second-order valence-electron chi connectivity index (χ2n) is 8.27. The predicted molar refractivity (Wildman–Crippen MR) is 110 cm³/mol. The van der Waals surface area contributed by atoms with E-state index < -0.39 is 11.7 Å². The minimum absolute atomic E-state index is 0.0198. The minimum atomic E-state index is -0.599. The van der Waals surface area contributed by atoms with Crippen LogP contribution in [0.15, 0.2) is 24.3 Å². The highest BCUT2D eigenvalue weighted by Crippen LogP contribution is 2.20. The van der Waals surface area contributed by atoms with Gasteiger partial charge in [-0.05, 0) is 45.0 Å². The number of piperidine rings is 1. The maximum absolute atomic E-state index is 12.2. The fourth-order valence-electron chi connectivity index (χ4n) is 3.21. The number of nitrogens with one attached hydrogen (secondary N) is 3. The molecule has 3 N–H and O–H groups in total. The number of alkyl carbamates (subject to hydrolysis) is 1. The number of carbonyl (C=O) groups is 2. The summed E-state index contributed by atoms with van der Waals surface area (Å²) in [6.07, 6.45) is -0.316. The number of likely N-dealkylation sites (N-methyl/N-ethyl adjacent to an activating group) is 1. The number of hydrogen-bond acceptors (Lipinski definition) is 5. The summed E-state index contributed by atoms with van der Waals surface area (Å²) in [5.41, 5.74) is 4.16. The number of carbonyl (C=O) groups excluding carboxylic acids is 2. The number of fused-ring (bicyclic) bond motifs is 1. The molecule has 1 aliphatic rings. The third-order valence-corrected chi connectivity index (χ3v) is 4.81. The Morgan fingerprint density at radius 3 is 2.79 bits per heavy atom. The number of benzene rings is 1. The van der Waals surface area contributed by atoms with Crippen LogP contribution in [-0.4, -0.2) is 53.2 Å². The molecule has 1 unspecified atom stereocenters. The molecule has 0 aliphatic carbocycles. The quantitative estimate of drug-likeness (QED) is 0.644. The van der Waals surface area contributed by atoms with E-state index in [-0.39, 0.29) is 31.0 Å². The third kappa shape index (κ3) is 5.85. The van der Waals surface area contributed by atoms with Gasteiger partial charge >= 0.3 is 6.09 Å². The summed E-state index contributed by atoms with van der Waals surface area (Å²) in [4.78, 5) is 34.8. The normalized spacial score (nSPS) is 20.2. The van der Waals surface area contributed by atoms with E-state index in [2.05, 4.69) is 15.8 Å². The van der Waals surface area contributed by atoms with Gasteiger partial charge in [-0.15, -0.1) is 0 Å². The van der Waals surface area contributed by atoms with Crippen molar-refractivity contribution >= 4 is 34.5 Å². The van der Waals surface area contributed by atoms with E-state index in [4.69, 9.17) is 21.2 Å². The standard InChI is InChI=1S/C20H27ClN4O4/c1-20(2,3)29-19(27)23-17-10-25(4)18(26)9-16(17)24-28-11-14-8-12-7-13(21)5-6-15(12)22-14/h5-8,16-17,22,24H,9-11H2,1-4H3,(H,23,27)/t16-,17?/m1/s1. The summed E-state index contributed by atoms with van der Waals surface area (Å²) in [6.45, 7) is 6.04. The number of amides is 2. The maximum atomic E-state index is 12.2. The molecule has 1 aliphatic heterocycles. The van der Waals surface area contributed by atoms with Gasteiger partial charge in [-0.1, -0.05) is 11.6 Å². The molecule has 9 heteroatoms. The van der Waals surface area contributed by atoms with E-state index >= 15 is 0 Å². The van der Waals surface area contributed by atoms with Gasteiger partial charge in [0.2, 0.25) is 5.91 Å². The summed E-state index contributed by atoms with van der Waals surface area (Å²) >= 11 is 6.02. The SMILES string of the molecule is CN1CC(NC(=O)OC(C)(C)C)[C@H](NOCc2cc3cc(Cl)ccc3[nH]2)CC1=O. The van der Waals surface area contributed by atoms with Crippen molar-refractivity contribution in [2.45, 2.75) is 51.5 Å². The van der Waals surface area contributed by atoms with Crippen LogP contribution in [0.5, 0.6) is 0 Å². The van der Waals surface area contributed by atoms with Crippen LogP contribution in [-0.2, 0) is 21.0 Å². The summed E-state index contributed by atoms with van der Waals surface area (Å²) in [6, 6.07) is 6.85. The molecule has 29 heavy (non-hydrogen) atoms. The molecular weight excluding hydrogens is 396 g/mol. The van der Waals surface area contributed by atoms with Crippen LogP contribution in [0.25, 0.3) is 10.9 Å². The Morgan fingerprint density at radius 2 is 2.07 bits per heavy atom. The molecule has 3 rings (SSSR count). The van der Waals surface area contributed by atoms with Crippen molar-refractivity contribution in [1.29, 1.82) is 0 Å². The van der Waals surface area contributed by atoms with Crippen molar-refractivity contribution in [3.05, 3.63) is 35.0 Å². The van der Waals surface area contributed by atoms with Crippen LogP contribution in [0.3, 0.4) is 0 Å². The Labute approximate surface area is 174 Å². The first-order valence-corrected chi connectivity index (χ1v) is 9.86. The van der Waals surface area contributed by atoms with Crippen molar-refractivity contribution in [1.82, 2.24) is 20.7 Å². The lowest BCUT2D eigenvalue weighted by molar-refractivity contribution is -0.136. The molecule has 0 bridgehead atoms. The van der Waals surface area contributed by atoms with Crippen molar-refractivity contribution in [2.24, 2.45) is 0 Å². The smallest absolute Gasteiger partial charge is 0.407 e. The van der Waals surface area contributed by atoms with Crippen LogP contribution in [0.4, 0.5) is 4.79 Å². The zero-order valence-electron chi connectivity index (χ0n) is 17.0. The average molecular weight is 423 g/mol. The molecule has 1 saturated heterocycles. The average Bonchev–Trinajstić information content (AvgIpc) is 2.99. The number of halogens is 1. The number of likely N-dealkylation sites (tertiary alicyclic amines) is 1. The van der Waals surface area contributed by atoms with Gasteiger partial charge in [0.25, 0.3) is 0 Å². The second kappa shape index (κ2) is 8.61. The summed E-state index contributed by atoms with van der Waals surface area (Å²) in [5.74, 6) is -0.0198. The van der Waals surface area contributed by atoms with Gasteiger partial charge in [0.1, 0.15) is 12.2 Å². The van der Waals surface area contributed by atoms with Crippen LogP contribution in [0.2, 0.25) is 5.02 Å². The number of hydrogen-bond donors (Lipinski definition) is 3. The lowest BCUT2D eigenvalue weighted by atomic mass is 10.00. The lowest BCUT2D eigenvalue weighted by Crippen LogP contribution is -2.60. The highest BCUT2D eigenvalue weighted by atomic mass is 35.5. The molecule has 2 aromatic rings. The molecule has 1 aromatic carbocycles. The fraction of sp³-hybridized carbons (Fsp3) is 0.500. The van der Waals surface area contributed by atoms with Crippen LogP contribution < -0.4 is 10.8 Å². The molecule has 158 valence electrons. The maximum Gasteiger partial charge on any atom is 0.407 e. The first kappa shape index (κ1) is 21.4. The van der Waals surface area contributed by atoms with E-state index in [0.29, 0.717) is 11.6 Å². The number of ether oxygens (including phenoxy) is 1. The van der Waals surface area contributed by atoms with Gasteiger partial charge in [-0.25, -0.2) is 4.79 Å². The summed E-state index contributed by atoms with van der Waals surface area (Å²) in [5, 5.41) is 4.50. The van der Waals surface area contributed by atoms with Gasteiger partial charge in [0.15, 0.2) is 0 Å². The monoisotopic (exact) mass is 422 g/mol. The summed E-state index contributed by atoms with van der Waals surface area (Å²) < 4.78 is 5.33. The number of aromatic amines is 1. The second-order valence-corrected chi connectivity index (χ2v) is 8.71. The van der Waals surface area contributed by atoms with E-state index in [9.17, 15) is 9.59 Å². The number of hydroxylamine groups is 1. The predicted octanol–water partition coefficient (Wildman–Crippen LogP) is 2.97. The molecule has 2 heterocycles. The van der Waals surface area contributed by atoms with Gasteiger partial charge in [0, 0.05) is 41.6 Å². The Balaban J connectivity index is 1.59. The van der Waals surface area contributed by atoms with Crippen LogP contribution in [0.1, 0.15) is 32.9 Å². The highest BCUT2D eigenvalue weighted by molar-refractivity contribution is 6.31. The van der Waals surface area contributed by atoms with Crippen molar-refractivity contribution in [3.63, 3.8) is 0 Å². The molecule has 1 aromatic heterocycles.